The third-order valence-corrected chi connectivity index (χ3v) is 6.32. The Morgan fingerprint density at radius 2 is 1.63 bits per heavy atom. The Labute approximate surface area is 119 Å². The first-order valence-corrected chi connectivity index (χ1v) is 8.55. The maximum atomic E-state index is 3.96. The van der Waals surface area contributed by atoms with Crippen molar-refractivity contribution in [2.75, 3.05) is 13.1 Å². The predicted octanol–water partition coefficient (Wildman–Crippen LogP) is 3.42. The molecule has 2 heteroatoms. The van der Waals surface area contributed by atoms with Crippen LogP contribution in [0.15, 0.2) is 0 Å². The maximum absolute atomic E-state index is 3.96. The summed E-state index contributed by atoms with van der Waals surface area (Å²) in [5.41, 5.74) is 0.808. The fourth-order valence-corrected chi connectivity index (χ4v) is 4.43. The Bertz CT molecular complexity index is 330. The van der Waals surface area contributed by atoms with E-state index in [9.17, 15) is 0 Å². The standard InChI is InChI=1S/C17H32N2/c1-5-15(6-2)19-12-16(3,13-7-8-13)18-11-17(19,4)14-9-10-14/h13-15,18H,5-12H2,1-4H3. The summed E-state index contributed by atoms with van der Waals surface area (Å²) in [6.45, 7) is 12.2. The SMILES string of the molecule is CCC(CC)N1CC(C)(C2CC2)NCC1(C)C1CC1. The monoisotopic (exact) mass is 264 g/mol. The van der Waals surface area contributed by atoms with Gasteiger partial charge in [-0.05, 0) is 64.2 Å². The second kappa shape index (κ2) is 4.73. The van der Waals surface area contributed by atoms with Crippen molar-refractivity contribution in [2.45, 2.75) is 83.3 Å². The minimum Gasteiger partial charge on any atom is -0.308 e. The second-order valence-electron chi connectivity index (χ2n) is 7.77. The third kappa shape index (κ3) is 2.35. The van der Waals surface area contributed by atoms with Crippen LogP contribution in [0.2, 0.25) is 0 Å². The molecule has 2 saturated carbocycles. The van der Waals surface area contributed by atoms with Crippen molar-refractivity contribution in [2.24, 2.45) is 11.8 Å². The van der Waals surface area contributed by atoms with Gasteiger partial charge in [-0.2, -0.15) is 0 Å². The van der Waals surface area contributed by atoms with Gasteiger partial charge in [-0.3, -0.25) is 4.90 Å². The highest BCUT2D eigenvalue weighted by atomic mass is 15.3. The highest BCUT2D eigenvalue weighted by Gasteiger charge is 2.55. The summed E-state index contributed by atoms with van der Waals surface area (Å²) in [6.07, 6.45) is 8.41. The van der Waals surface area contributed by atoms with E-state index in [0.717, 1.165) is 17.9 Å². The number of hydrogen-bond acceptors (Lipinski definition) is 2. The summed E-state index contributed by atoms with van der Waals surface area (Å²) in [6, 6.07) is 0.783. The van der Waals surface area contributed by atoms with Crippen LogP contribution in [0.4, 0.5) is 0 Å². The van der Waals surface area contributed by atoms with Crippen molar-refractivity contribution in [3.05, 3.63) is 0 Å². The van der Waals surface area contributed by atoms with Crippen LogP contribution in [-0.2, 0) is 0 Å². The van der Waals surface area contributed by atoms with E-state index in [0.29, 0.717) is 11.1 Å². The van der Waals surface area contributed by atoms with Crippen molar-refractivity contribution >= 4 is 0 Å². The number of nitrogens with one attached hydrogen (secondary N) is 1. The van der Waals surface area contributed by atoms with Crippen molar-refractivity contribution in [1.29, 1.82) is 0 Å². The van der Waals surface area contributed by atoms with Gasteiger partial charge in [0.05, 0.1) is 0 Å². The smallest absolute Gasteiger partial charge is 0.0337 e. The van der Waals surface area contributed by atoms with Crippen molar-refractivity contribution in [1.82, 2.24) is 10.2 Å². The summed E-state index contributed by atoms with van der Waals surface area (Å²) >= 11 is 0. The average Bonchev–Trinajstić information content (AvgIpc) is 3.27. The van der Waals surface area contributed by atoms with Gasteiger partial charge in [0.1, 0.15) is 0 Å². The molecule has 1 aliphatic heterocycles. The Balaban J connectivity index is 1.82. The van der Waals surface area contributed by atoms with Gasteiger partial charge in [0, 0.05) is 30.2 Å². The average molecular weight is 264 g/mol. The molecule has 0 aromatic rings. The molecular formula is C17H32N2. The van der Waals surface area contributed by atoms with Gasteiger partial charge in [-0.15, -0.1) is 0 Å². The summed E-state index contributed by atoms with van der Waals surface area (Å²) in [5.74, 6) is 1.89. The topological polar surface area (TPSA) is 15.3 Å². The molecule has 1 saturated heterocycles. The third-order valence-electron chi connectivity index (χ3n) is 6.32. The lowest BCUT2D eigenvalue weighted by atomic mass is 9.81. The van der Waals surface area contributed by atoms with Gasteiger partial charge in [-0.25, -0.2) is 0 Å². The fraction of sp³-hybridized carbons (Fsp3) is 1.00. The largest absolute Gasteiger partial charge is 0.308 e. The number of nitrogens with zero attached hydrogens (tertiary/aromatic N) is 1. The van der Waals surface area contributed by atoms with E-state index in [1.807, 2.05) is 0 Å². The van der Waals surface area contributed by atoms with E-state index in [2.05, 4.69) is 37.9 Å². The van der Waals surface area contributed by atoms with Gasteiger partial charge in [0.25, 0.3) is 0 Å². The van der Waals surface area contributed by atoms with E-state index in [-0.39, 0.29) is 0 Å². The molecule has 2 nitrogen and oxygen atoms in total. The van der Waals surface area contributed by atoms with Crippen molar-refractivity contribution < 1.29 is 0 Å². The first kappa shape index (κ1) is 13.9. The highest BCUT2D eigenvalue weighted by molar-refractivity contribution is 5.12. The maximum Gasteiger partial charge on any atom is 0.0337 e. The van der Waals surface area contributed by atoms with Gasteiger partial charge < -0.3 is 5.32 Å². The van der Waals surface area contributed by atoms with Gasteiger partial charge in [-0.1, -0.05) is 13.8 Å². The Morgan fingerprint density at radius 3 is 2.11 bits per heavy atom. The van der Waals surface area contributed by atoms with Crippen LogP contribution in [0.25, 0.3) is 0 Å². The zero-order chi connectivity index (χ0) is 13.7. The lowest BCUT2D eigenvalue weighted by molar-refractivity contribution is -0.0341. The zero-order valence-electron chi connectivity index (χ0n) is 13.3. The molecule has 0 spiro atoms. The van der Waals surface area contributed by atoms with E-state index >= 15 is 0 Å². The van der Waals surface area contributed by atoms with Crippen molar-refractivity contribution in [3.63, 3.8) is 0 Å². The van der Waals surface area contributed by atoms with Crippen LogP contribution in [0.5, 0.6) is 0 Å². The summed E-state index contributed by atoms with van der Waals surface area (Å²) in [5, 5.41) is 3.96. The van der Waals surface area contributed by atoms with Crippen LogP contribution in [0.1, 0.15) is 66.2 Å². The lowest BCUT2D eigenvalue weighted by Crippen LogP contribution is -2.71. The van der Waals surface area contributed by atoms with E-state index in [1.54, 1.807) is 0 Å². The molecule has 0 amide bonds. The minimum atomic E-state index is 0.386. The normalized spacial score (nSPS) is 40.9. The molecule has 1 N–H and O–H groups in total. The molecule has 19 heavy (non-hydrogen) atoms. The lowest BCUT2D eigenvalue weighted by Gasteiger charge is -2.56. The van der Waals surface area contributed by atoms with Gasteiger partial charge in [0.15, 0.2) is 0 Å². The Kier molecular flexibility index (Phi) is 3.46. The van der Waals surface area contributed by atoms with Gasteiger partial charge >= 0.3 is 0 Å². The first-order valence-electron chi connectivity index (χ1n) is 8.55. The summed E-state index contributed by atoms with van der Waals surface area (Å²) in [7, 11) is 0. The van der Waals surface area contributed by atoms with E-state index in [1.165, 1.54) is 51.6 Å². The number of hydrogen-bond donors (Lipinski definition) is 1. The Morgan fingerprint density at radius 1 is 1.05 bits per heavy atom. The molecule has 2 atom stereocenters. The molecule has 3 aliphatic rings. The molecule has 0 aromatic carbocycles. The minimum absolute atomic E-state index is 0.386. The van der Waals surface area contributed by atoms with Crippen LogP contribution in [-0.4, -0.2) is 35.1 Å². The quantitative estimate of drug-likeness (QED) is 0.818. The van der Waals surface area contributed by atoms with E-state index < -0.39 is 0 Å². The molecule has 1 heterocycles. The molecule has 110 valence electrons. The molecule has 0 bridgehead atoms. The van der Waals surface area contributed by atoms with E-state index in [4.69, 9.17) is 0 Å². The molecule has 0 radical (unpaired) electrons. The van der Waals surface area contributed by atoms with Crippen LogP contribution < -0.4 is 5.32 Å². The highest BCUT2D eigenvalue weighted by Crippen LogP contribution is 2.49. The fourth-order valence-electron chi connectivity index (χ4n) is 4.43. The second-order valence-corrected chi connectivity index (χ2v) is 7.77. The number of piperazine rings is 1. The molecule has 3 fully saturated rings. The Hall–Kier alpha value is -0.0800. The molecule has 0 aromatic heterocycles. The molecule has 2 aliphatic carbocycles. The zero-order valence-corrected chi connectivity index (χ0v) is 13.3. The summed E-state index contributed by atoms with van der Waals surface area (Å²) in [4.78, 5) is 2.92. The van der Waals surface area contributed by atoms with Crippen LogP contribution in [0, 0.1) is 11.8 Å². The molecule has 2 unspecified atom stereocenters. The van der Waals surface area contributed by atoms with Crippen molar-refractivity contribution in [3.8, 4) is 0 Å². The first-order chi connectivity index (χ1) is 9.03. The summed E-state index contributed by atoms with van der Waals surface area (Å²) < 4.78 is 0. The molecule has 3 rings (SSSR count). The number of rotatable bonds is 5. The van der Waals surface area contributed by atoms with Crippen LogP contribution >= 0.6 is 0 Å². The van der Waals surface area contributed by atoms with Crippen LogP contribution in [0.3, 0.4) is 0 Å². The predicted molar refractivity (Wildman–Crippen MR) is 81.3 cm³/mol. The molecular weight excluding hydrogens is 232 g/mol. The van der Waals surface area contributed by atoms with Gasteiger partial charge in [0.2, 0.25) is 0 Å².